The standard InChI is InChI=1S/C32H29N3O2S/c1-3-21(2)25-16-19-28-27(20-25)34-31(37-28)24-14-17-26(18-15-24)33-32(38)35-30(36)29(22-10-6-4-7-11-22)23-12-8-5-9-13-23/h4-21,29H,3H2,1-2H3,(H2,33,35,36,38)/t21-/m1/s1. The van der Waals surface area contributed by atoms with Crippen molar-refractivity contribution in [3.8, 4) is 11.5 Å². The Morgan fingerprint density at radius 1 is 0.868 bits per heavy atom. The summed E-state index contributed by atoms with van der Waals surface area (Å²) in [6.45, 7) is 4.39. The molecule has 1 heterocycles. The van der Waals surface area contributed by atoms with Crippen molar-refractivity contribution >= 4 is 40.0 Å². The van der Waals surface area contributed by atoms with Crippen molar-refractivity contribution in [3.05, 3.63) is 120 Å². The van der Waals surface area contributed by atoms with E-state index in [9.17, 15) is 4.79 Å². The number of aromatic nitrogens is 1. The van der Waals surface area contributed by atoms with Gasteiger partial charge in [-0.05, 0) is 77.6 Å². The molecule has 6 heteroatoms. The van der Waals surface area contributed by atoms with Gasteiger partial charge in [-0.2, -0.15) is 0 Å². The first-order valence-electron chi connectivity index (χ1n) is 12.7. The zero-order chi connectivity index (χ0) is 26.5. The van der Waals surface area contributed by atoms with Gasteiger partial charge in [0, 0.05) is 11.3 Å². The minimum atomic E-state index is -0.473. The number of carbonyl (C=O) groups excluding carboxylic acids is 1. The fraction of sp³-hybridized carbons (Fsp3) is 0.156. The zero-order valence-electron chi connectivity index (χ0n) is 21.3. The van der Waals surface area contributed by atoms with Crippen molar-refractivity contribution in [1.29, 1.82) is 0 Å². The van der Waals surface area contributed by atoms with E-state index in [0.29, 0.717) is 11.8 Å². The molecule has 0 spiro atoms. The second-order valence-electron chi connectivity index (χ2n) is 9.33. The molecule has 38 heavy (non-hydrogen) atoms. The molecule has 0 radical (unpaired) electrons. The highest BCUT2D eigenvalue weighted by Gasteiger charge is 2.23. The molecule has 0 aliphatic heterocycles. The highest BCUT2D eigenvalue weighted by molar-refractivity contribution is 7.80. The van der Waals surface area contributed by atoms with Crippen molar-refractivity contribution in [3.63, 3.8) is 0 Å². The first kappa shape index (κ1) is 25.4. The third kappa shape index (κ3) is 5.66. The molecule has 0 unspecified atom stereocenters. The maximum Gasteiger partial charge on any atom is 0.238 e. The molecule has 0 bridgehead atoms. The molecule has 0 aliphatic rings. The second-order valence-corrected chi connectivity index (χ2v) is 9.74. The van der Waals surface area contributed by atoms with Gasteiger partial charge in [0.25, 0.3) is 0 Å². The number of thiocarbonyl (C=S) groups is 1. The molecule has 5 aromatic rings. The molecular formula is C32H29N3O2S. The maximum atomic E-state index is 13.3. The Hall–Kier alpha value is -4.29. The second kappa shape index (κ2) is 11.4. The van der Waals surface area contributed by atoms with E-state index in [4.69, 9.17) is 21.6 Å². The van der Waals surface area contributed by atoms with Crippen LogP contribution in [0.4, 0.5) is 5.69 Å². The number of nitrogens with zero attached hydrogens (tertiary/aromatic N) is 1. The maximum absolute atomic E-state index is 13.3. The quantitative estimate of drug-likeness (QED) is 0.216. The summed E-state index contributed by atoms with van der Waals surface area (Å²) in [5, 5.41) is 6.21. The van der Waals surface area contributed by atoms with Gasteiger partial charge < -0.3 is 15.1 Å². The van der Waals surface area contributed by atoms with Crippen LogP contribution in [0, 0.1) is 0 Å². The molecule has 0 fully saturated rings. The number of nitrogens with one attached hydrogen (secondary N) is 2. The Morgan fingerprint density at radius 3 is 2.11 bits per heavy atom. The molecule has 5 nitrogen and oxygen atoms in total. The number of oxazole rings is 1. The smallest absolute Gasteiger partial charge is 0.238 e. The fourth-order valence-electron chi connectivity index (χ4n) is 4.44. The Bertz CT molecular complexity index is 1510. The summed E-state index contributed by atoms with van der Waals surface area (Å²) in [5.41, 5.74) is 6.30. The lowest BCUT2D eigenvalue weighted by molar-refractivity contribution is -0.120. The van der Waals surface area contributed by atoms with E-state index >= 15 is 0 Å². The largest absolute Gasteiger partial charge is 0.436 e. The van der Waals surface area contributed by atoms with Gasteiger partial charge in [-0.15, -0.1) is 0 Å². The van der Waals surface area contributed by atoms with Gasteiger partial charge in [0.05, 0.1) is 5.92 Å². The SMILES string of the molecule is CC[C@@H](C)c1ccc2oc(-c3ccc(NC(=S)NC(=O)C(c4ccccc4)c4ccccc4)cc3)nc2c1. The molecule has 0 aliphatic carbocycles. The minimum absolute atomic E-state index is 0.195. The average Bonchev–Trinajstić information content (AvgIpc) is 3.38. The summed E-state index contributed by atoms with van der Waals surface area (Å²) in [4.78, 5) is 18.0. The summed E-state index contributed by atoms with van der Waals surface area (Å²) in [6.07, 6.45) is 1.08. The molecule has 2 N–H and O–H groups in total. The molecule has 0 saturated heterocycles. The normalized spacial score (nSPS) is 11.9. The van der Waals surface area contributed by atoms with Gasteiger partial charge in [0.15, 0.2) is 10.7 Å². The minimum Gasteiger partial charge on any atom is -0.436 e. The molecule has 5 rings (SSSR count). The summed E-state index contributed by atoms with van der Waals surface area (Å²) in [6, 6.07) is 33.2. The van der Waals surface area contributed by atoms with Crippen LogP contribution in [0.25, 0.3) is 22.6 Å². The molecule has 1 amide bonds. The number of hydrogen-bond donors (Lipinski definition) is 2. The van der Waals surface area contributed by atoms with Crippen molar-refractivity contribution in [1.82, 2.24) is 10.3 Å². The lowest BCUT2D eigenvalue weighted by Crippen LogP contribution is -2.37. The molecular weight excluding hydrogens is 490 g/mol. The van der Waals surface area contributed by atoms with Crippen LogP contribution < -0.4 is 10.6 Å². The highest BCUT2D eigenvalue weighted by Crippen LogP contribution is 2.29. The van der Waals surface area contributed by atoms with Crippen LogP contribution in [-0.4, -0.2) is 16.0 Å². The number of benzene rings is 4. The van der Waals surface area contributed by atoms with E-state index in [1.807, 2.05) is 91.0 Å². The van der Waals surface area contributed by atoms with E-state index in [1.54, 1.807) is 0 Å². The van der Waals surface area contributed by atoms with E-state index in [2.05, 4.69) is 36.6 Å². The van der Waals surface area contributed by atoms with Crippen LogP contribution in [-0.2, 0) is 4.79 Å². The predicted octanol–water partition coefficient (Wildman–Crippen LogP) is 7.65. The van der Waals surface area contributed by atoms with Crippen LogP contribution in [0.2, 0.25) is 0 Å². The van der Waals surface area contributed by atoms with Crippen molar-refractivity contribution in [2.24, 2.45) is 0 Å². The Balaban J connectivity index is 1.27. The number of anilines is 1. The Labute approximate surface area is 227 Å². The van der Waals surface area contributed by atoms with Gasteiger partial charge in [0.2, 0.25) is 11.8 Å². The highest BCUT2D eigenvalue weighted by atomic mass is 32.1. The van der Waals surface area contributed by atoms with E-state index in [-0.39, 0.29) is 11.0 Å². The van der Waals surface area contributed by atoms with E-state index in [1.165, 1.54) is 5.56 Å². The first-order chi connectivity index (χ1) is 18.5. The Morgan fingerprint density at radius 2 is 1.50 bits per heavy atom. The van der Waals surface area contributed by atoms with Crippen molar-refractivity contribution < 1.29 is 9.21 Å². The summed E-state index contributed by atoms with van der Waals surface area (Å²) in [7, 11) is 0. The molecule has 4 aromatic carbocycles. The number of carbonyl (C=O) groups is 1. The molecule has 190 valence electrons. The molecule has 1 aromatic heterocycles. The number of fused-ring (bicyclic) bond motifs is 1. The fourth-order valence-corrected chi connectivity index (χ4v) is 4.66. The van der Waals surface area contributed by atoms with Gasteiger partial charge in [-0.25, -0.2) is 4.98 Å². The van der Waals surface area contributed by atoms with Crippen LogP contribution in [0.5, 0.6) is 0 Å². The average molecular weight is 520 g/mol. The monoisotopic (exact) mass is 519 g/mol. The zero-order valence-corrected chi connectivity index (χ0v) is 22.2. The van der Waals surface area contributed by atoms with Crippen LogP contribution in [0.3, 0.4) is 0 Å². The van der Waals surface area contributed by atoms with Crippen molar-refractivity contribution in [2.75, 3.05) is 5.32 Å². The molecule has 1 atom stereocenters. The summed E-state index contributed by atoms with van der Waals surface area (Å²) < 4.78 is 5.99. The van der Waals surface area contributed by atoms with Crippen LogP contribution in [0.15, 0.2) is 108 Å². The lowest BCUT2D eigenvalue weighted by Gasteiger charge is -2.18. The van der Waals surface area contributed by atoms with E-state index < -0.39 is 5.92 Å². The predicted molar refractivity (Wildman–Crippen MR) is 157 cm³/mol. The van der Waals surface area contributed by atoms with Gasteiger partial charge in [0.1, 0.15) is 5.52 Å². The lowest BCUT2D eigenvalue weighted by atomic mass is 9.90. The van der Waals surface area contributed by atoms with Crippen LogP contribution in [0.1, 0.15) is 48.8 Å². The number of hydrogen-bond acceptors (Lipinski definition) is 4. The van der Waals surface area contributed by atoms with Crippen molar-refractivity contribution in [2.45, 2.75) is 32.1 Å². The van der Waals surface area contributed by atoms with Gasteiger partial charge in [-0.1, -0.05) is 80.6 Å². The molecule has 0 saturated carbocycles. The number of rotatable bonds is 7. The van der Waals surface area contributed by atoms with E-state index in [0.717, 1.165) is 39.9 Å². The number of amides is 1. The van der Waals surface area contributed by atoms with Gasteiger partial charge in [-0.3, -0.25) is 4.79 Å². The summed E-state index contributed by atoms with van der Waals surface area (Å²) >= 11 is 5.47. The third-order valence-corrected chi connectivity index (χ3v) is 6.95. The van der Waals surface area contributed by atoms with Gasteiger partial charge >= 0.3 is 0 Å². The third-order valence-electron chi connectivity index (χ3n) is 6.75. The summed E-state index contributed by atoms with van der Waals surface area (Å²) in [5.74, 6) is 0.376. The first-order valence-corrected chi connectivity index (χ1v) is 13.2. The topological polar surface area (TPSA) is 67.2 Å². The Kier molecular flexibility index (Phi) is 7.61. The van der Waals surface area contributed by atoms with Crippen LogP contribution >= 0.6 is 12.2 Å².